The van der Waals surface area contributed by atoms with Gasteiger partial charge in [0.05, 0.1) is 14.2 Å². The first-order chi connectivity index (χ1) is 9.62. The summed E-state index contributed by atoms with van der Waals surface area (Å²) in [6.07, 6.45) is 0. The van der Waals surface area contributed by atoms with Crippen molar-refractivity contribution in [2.75, 3.05) is 25.3 Å². The van der Waals surface area contributed by atoms with Crippen molar-refractivity contribution in [3.63, 3.8) is 0 Å². The molecule has 2 aromatic rings. The first-order valence-corrected chi connectivity index (χ1v) is 6.25. The summed E-state index contributed by atoms with van der Waals surface area (Å²) in [7, 11) is 3.23. The second kappa shape index (κ2) is 6.29. The van der Waals surface area contributed by atoms with Gasteiger partial charge in [-0.3, -0.25) is 0 Å². The molecule has 0 unspecified atom stereocenters. The molecule has 0 fully saturated rings. The van der Waals surface area contributed by atoms with Gasteiger partial charge in [0.15, 0.2) is 0 Å². The molecule has 0 spiro atoms. The Morgan fingerprint density at radius 1 is 1.20 bits per heavy atom. The fourth-order valence-electron chi connectivity index (χ4n) is 1.73. The van der Waals surface area contributed by atoms with Gasteiger partial charge >= 0.3 is 0 Å². The van der Waals surface area contributed by atoms with E-state index in [1.54, 1.807) is 20.3 Å². The quantitative estimate of drug-likeness (QED) is 0.824. The molecular formula is C13H15ClN4O2. The van der Waals surface area contributed by atoms with Crippen molar-refractivity contribution in [1.82, 2.24) is 9.97 Å². The number of nitrogens with one attached hydrogen (secondary N) is 1. The van der Waals surface area contributed by atoms with Gasteiger partial charge in [-0.15, -0.1) is 0 Å². The van der Waals surface area contributed by atoms with E-state index in [1.807, 2.05) is 18.2 Å². The second-order valence-electron chi connectivity index (χ2n) is 3.97. The average molecular weight is 295 g/mol. The number of rotatable bonds is 5. The first-order valence-electron chi connectivity index (χ1n) is 5.87. The molecule has 0 aliphatic rings. The topological polar surface area (TPSA) is 82.3 Å². The minimum absolute atomic E-state index is 0.123. The van der Waals surface area contributed by atoms with Crippen LogP contribution in [0.15, 0.2) is 24.3 Å². The van der Waals surface area contributed by atoms with E-state index in [4.69, 9.17) is 26.8 Å². The van der Waals surface area contributed by atoms with Gasteiger partial charge in [0, 0.05) is 18.2 Å². The smallest absolute Gasteiger partial charge is 0.223 e. The summed E-state index contributed by atoms with van der Waals surface area (Å²) in [4.78, 5) is 7.84. The zero-order valence-corrected chi connectivity index (χ0v) is 11.9. The van der Waals surface area contributed by atoms with Gasteiger partial charge in [0.25, 0.3) is 0 Å². The van der Waals surface area contributed by atoms with Gasteiger partial charge in [-0.2, -0.15) is 4.98 Å². The van der Waals surface area contributed by atoms with Crippen LogP contribution in [0.3, 0.4) is 0 Å². The zero-order valence-electron chi connectivity index (χ0n) is 11.2. The highest BCUT2D eigenvalue weighted by Crippen LogP contribution is 2.25. The lowest BCUT2D eigenvalue weighted by Crippen LogP contribution is -2.05. The second-order valence-corrected chi connectivity index (χ2v) is 4.35. The third-order valence-corrected chi connectivity index (χ3v) is 2.85. The summed E-state index contributed by atoms with van der Waals surface area (Å²) in [6.45, 7) is 0.493. The Balaban J connectivity index is 2.17. The van der Waals surface area contributed by atoms with Crippen LogP contribution in [0.5, 0.6) is 11.5 Å². The Bertz CT molecular complexity index is 587. The highest BCUT2D eigenvalue weighted by molar-refractivity contribution is 6.29. The monoisotopic (exact) mass is 294 g/mol. The molecule has 0 bridgehead atoms. The van der Waals surface area contributed by atoms with E-state index in [1.165, 1.54) is 0 Å². The minimum Gasteiger partial charge on any atom is -0.497 e. The van der Waals surface area contributed by atoms with Crippen molar-refractivity contribution >= 4 is 23.4 Å². The molecule has 2 rings (SSSR count). The Labute approximate surface area is 121 Å². The predicted molar refractivity (Wildman–Crippen MR) is 78.3 cm³/mol. The van der Waals surface area contributed by atoms with Gasteiger partial charge in [0.1, 0.15) is 22.5 Å². The van der Waals surface area contributed by atoms with Crippen molar-refractivity contribution in [2.24, 2.45) is 0 Å². The Morgan fingerprint density at radius 3 is 2.65 bits per heavy atom. The molecule has 1 heterocycles. The normalized spacial score (nSPS) is 10.2. The summed E-state index contributed by atoms with van der Waals surface area (Å²) in [5, 5.41) is 3.41. The maximum Gasteiger partial charge on any atom is 0.223 e. The lowest BCUT2D eigenvalue weighted by molar-refractivity contribution is 0.399. The van der Waals surface area contributed by atoms with Crippen LogP contribution in [0.4, 0.5) is 11.8 Å². The van der Waals surface area contributed by atoms with Crippen LogP contribution >= 0.6 is 11.6 Å². The number of anilines is 2. The van der Waals surface area contributed by atoms with Crippen molar-refractivity contribution in [1.29, 1.82) is 0 Å². The molecule has 6 nitrogen and oxygen atoms in total. The Kier molecular flexibility index (Phi) is 4.47. The van der Waals surface area contributed by atoms with Crippen LogP contribution in [0.25, 0.3) is 0 Å². The van der Waals surface area contributed by atoms with Crippen LogP contribution < -0.4 is 20.5 Å². The fourth-order valence-corrected chi connectivity index (χ4v) is 1.92. The number of methoxy groups -OCH3 is 2. The standard InChI is InChI=1S/C13H15ClN4O2/c1-19-9-3-4-10(20-2)8(5-9)7-16-12-6-11(14)17-13(15)18-12/h3-6H,7H2,1-2H3,(H3,15,16,17,18). The van der Waals surface area contributed by atoms with E-state index in [-0.39, 0.29) is 11.1 Å². The third-order valence-electron chi connectivity index (χ3n) is 2.66. The lowest BCUT2D eigenvalue weighted by atomic mass is 10.2. The van der Waals surface area contributed by atoms with Gasteiger partial charge in [-0.1, -0.05) is 11.6 Å². The fraction of sp³-hybridized carbons (Fsp3) is 0.231. The van der Waals surface area contributed by atoms with E-state index in [0.717, 1.165) is 17.1 Å². The molecule has 1 aromatic carbocycles. The summed E-state index contributed by atoms with van der Waals surface area (Å²) in [5.74, 6) is 2.18. The molecular weight excluding hydrogens is 280 g/mol. The number of benzene rings is 1. The number of halogens is 1. The minimum atomic E-state index is 0.123. The number of aromatic nitrogens is 2. The molecule has 106 valence electrons. The van der Waals surface area contributed by atoms with Gasteiger partial charge in [-0.05, 0) is 18.2 Å². The van der Waals surface area contributed by atoms with Crippen LogP contribution in [0.1, 0.15) is 5.56 Å². The van der Waals surface area contributed by atoms with Crippen LogP contribution in [0, 0.1) is 0 Å². The summed E-state index contributed by atoms with van der Waals surface area (Å²) < 4.78 is 10.5. The van der Waals surface area contributed by atoms with E-state index in [9.17, 15) is 0 Å². The summed E-state index contributed by atoms with van der Waals surface area (Å²) in [6, 6.07) is 7.17. The Morgan fingerprint density at radius 2 is 2.00 bits per heavy atom. The molecule has 0 atom stereocenters. The van der Waals surface area contributed by atoms with E-state index >= 15 is 0 Å². The van der Waals surface area contributed by atoms with E-state index in [0.29, 0.717) is 12.4 Å². The highest BCUT2D eigenvalue weighted by Gasteiger charge is 2.06. The average Bonchev–Trinajstić information content (AvgIpc) is 2.43. The molecule has 3 N–H and O–H groups in total. The van der Waals surface area contributed by atoms with Crippen molar-refractivity contribution in [2.45, 2.75) is 6.54 Å². The molecule has 0 aliphatic carbocycles. The predicted octanol–water partition coefficient (Wildman–Crippen LogP) is 2.34. The molecule has 0 saturated heterocycles. The summed E-state index contributed by atoms with van der Waals surface area (Å²) >= 11 is 5.82. The maximum absolute atomic E-state index is 5.82. The third kappa shape index (κ3) is 3.42. The largest absolute Gasteiger partial charge is 0.497 e. The number of nitrogens with zero attached hydrogens (tertiary/aromatic N) is 2. The number of hydrogen-bond acceptors (Lipinski definition) is 6. The van der Waals surface area contributed by atoms with Crippen molar-refractivity contribution in [3.8, 4) is 11.5 Å². The SMILES string of the molecule is COc1ccc(OC)c(CNc2cc(Cl)nc(N)n2)c1. The number of hydrogen-bond donors (Lipinski definition) is 2. The van der Waals surface area contributed by atoms with Gasteiger partial charge in [-0.25, -0.2) is 4.98 Å². The molecule has 20 heavy (non-hydrogen) atoms. The number of ether oxygens (including phenoxy) is 2. The first kappa shape index (κ1) is 14.2. The molecule has 1 aromatic heterocycles. The van der Waals surface area contributed by atoms with Crippen molar-refractivity contribution in [3.05, 3.63) is 35.0 Å². The van der Waals surface area contributed by atoms with Crippen LogP contribution in [-0.2, 0) is 6.54 Å². The number of nitrogen functional groups attached to an aromatic ring is 1. The van der Waals surface area contributed by atoms with Crippen LogP contribution in [0.2, 0.25) is 5.15 Å². The maximum atomic E-state index is 5.82. The van der Waals surface area contributed by atoms with Crippen LogP contribution in [-0.4, -0.2) is 24.2 Å². The molecule has 0 radical (unpaired) electrons. The highest BCUT2D eigenvalue weighted by atomic mass is 35.5. The zero-order chi connectivity index (χ0) is 14.5. The number of nitrogens with two attached hydrogens (primary N) is 1. The molecule has 0 amide bonds. The molecule has 0 saturated carbocycles. The Hall–Kier alpha value is -2.21. The molecule has 0 aliphatic heterocycles. The van der Waals surface area contributed by atoms with Gasteiger partial charge in [0.2, 0.25) is 5.95 Å². The van der Waals surface area contributed by atoms with Crippen molar-refractivity contribution < 1.29 is 9.47 Å². The lowest BCUT2D eigenvalue weighted by Gasteiger charge is -2.12. The van der Waals surface area contributed by atoms with E-state index in [2.05, 4.69) is 15.3 Å². The van der Waals surface area contributed by atoms with E-state index < -0.39 is 0 Å². The molecule has 7 heteroatoms. The van der Waals surface area contributed by atoms with Gasteiger partial charge < -0.3 is 20.5 Å². The summed E-state index contributed by atoms with van der Waals surface area (Å²) in [5.41, 5.74) is 6.47.